The summed E-state index contributed by atoms with van der Waals surface area (Å²) >= 11 is 0. The van der Waals surface area contributed by atoms with Gasteiger partial charge in [0.1, 0.15) is 5.54 Å². The van der Waals surface area contributed by atoms with Crippen LogP contribution < -0.4 is 5.32 Å². The van der Waals surface area contributed by atoms with E-state index in [1.807, 2.05) is 0 Å². The summed E-state index contributed by atoms with van der Waals surface area (Å²) in [6, 6.07) is 6.85. The summed E-state index contributed by atoms with van der Waals surface area (Å²) in [7, 11) is 1.32. The minimum Gasteiger partial charge on any atom is -0.465 e. The van der Waals surface area contributed by atoms with E-state index >= 15 is 0 Å². The third-order valence-corrected chi connectivity index (χ3v) is 2.57. The molecule has 5 nitrogen and oxygen atoms in total. The number of hydrogen-bond acceptors (Lipinski definition) is 5. The molecule has 0 saturated heterocycles. The fraction of sp³-hybridized carbons (Fsp3) is 0.429. The standard InChI is InChI=1S/C14H19NO4/c1-5-19-13(17)14(2,3)15-11-9-7-6-8-10(11)12(16)18-4/h6-9,15H,5H2,1-4H3. The second-order valence-corrected chi connectivity index (χ2v) is 4.51. The summed E-state index contributed by atoms with van der Waals surface area (Å²) in [6.45, 7) is 5.44. The van der Waals surface area contributed by atoms with Crippen LogP contribution in [0.3, 0.4) is 0 Å². The first-order chi connectivity index (χ1) is 8.92. The van der Waals surface area contributed by atoms with Gasteiger partial charge in [0.15, 0.2) is 0 Å². The van der Waals surface area contributed by atoms with Crippen LogP contribution >= 0.6 is 0 Å². The van der Waals surface area contributed by atoms with E-state index < -0.39 is 11.5 Å². The Labute approximate surface area is 112 Å². The normalized spacial score (nSPS) is 10.7. The van der Waals surface area contributed by atoms with Crippen molar-refractivity contribution < 1.29 is 19.1 Å². The molecule has 0 fully saturated rings. The molecule has 0 aliphatic carbocycles. The van der Waals surface area contributed by atoms with Gasteiger partial charge in [-0.3, -0.25) is 0 Å². The maximum Gasteiger partial charge on any atom is 0.339 e. The molecule has 1 N–H and O–H groups in total. The molecule has 0 unspecified atom stereocenters. The number of rotatable bonds is 5. The lowest BCUT2D eigenvalue weighted by molar-refractivity contribution is -0.147. The van der Waals surface area contributed by atoms with Crippen molar-refractivity contribution in [3.05, 3.63) is 29.8 Å². The van der Waals surface area contributed by atoms with Crippen LogP contribution in [0.1, 0.15) is 31.1 Å². The molecule has 5 heteroatoms. The average Bonchev–Trinajstić information content (AvgIpc) is 2.38. The molecule has 0 amide bonds. The number of anilines is 1. The molecule has 1 aromatic carbocycles. The average molecular weight is 265 g/mol. The third-order valence-electron chi connectivity index (χ3n) is 2.57. The first-order valence-electron chi connectivity index (χ1n) is 6.05. The highest BCUT2D eigenvalue weighted by Gasteiger charge is 2.30. The van der Waals surface area contributed by atoms with Gasteiger partial charge in [0.2, 0.25) is 0 Å². The molecule has 0 aliphatic heterocycles. The maximum atomic E-state index is 11.8. The first kappa shape index (κ1) is 15.0. The Morgan fingerprint density at radius 1 is 1.26 bits per heavy atom. The van der Waals surface area contributed by atoms with Crippen molar-refractivity contribution in [3.63, 3.8) is 0 Å². The number of esters is 2. The quantitative estimate of drug-likeness (QED) is 0.827. The van der Waals surface area contributed by atoms with Crippen LogP contribution in [-0.2, 0) is 14.3 Å². The van der Waals surface area contributed by atoms with Crippen molar-refractivity contribution in [2.24, 2.45) is 0 Å². The van der Waals surface area contributed by atoms with Crippen molar-refractivity contribution in [1.82, 2.24) is 0 Å². The molecule has 104 valence electrons. The van der Waals surface area contributed by atoms with Crippen LogP contribution in [0.25, 0.3) is 0 Å². The van der Waals surface area contributed by atoms with Crippen molar-refractivity contribution in [1.29, 1.82) is 0 Å². The first-order valence-corrected chi connectivity index (χ1v) is 6.05. The SMILES string of the molecule is CCOC(=O)C(C)(C)Nc1ccccc1C(=O)OC. The molecule has 1 aromatic rings. The van der Waals surface area contributed by atoms with Gasteiger partial charge in [0, 0.05) is 5.69 Å². The van der Waals surface area contributed by atoms with E-state index in [2.05, 4.69) is 5.32 Å². The molecule has 0 radical (unpaired) electrons. The molecular weight excluding hydrogens is 246 g/mol. The van der Waals surface area contributed by atoms with E-state index in [1.165, 1.54) is 7.11 Å². The number of carbonyl (C=O) groups excluding carboxylic acids is 2. The zero-order valence-electron chi connectivity index (χ0n) is 11.6. The molecule has 0 aromatic heterocycles. The molecule has 19 heavy (non-hydrogen) atoms. The Kier molecular flexibility index (Phi) is 4.92. The van der Waals surface area contributed by atoms with Gasteiger partial charge in [0.05, 0.1) is 19.3 Å². The van der Waals surface area contributed by atoms with Crippen LogP contribution in [0.5, 0.6) is 0 Å². The van der Waals surface area contributed by atoms with Gasteiger partial charge in [-0.1, -0.05) is 12.1 Å². The van der Waals surface area contributed by atoms with Gasteiger partial charge < -0.3 is 14.8 Å². The number of benzene rings is 1. The summed E-state index contributed by atoms with van der Waals surface area (Å²) in [5.41, 5.74) is -0.0186. The lowest BCUT2D eigenvalue weighted by Gasteiger charge is -2.26. The number of nitrogens with one attached hydrogen (secondary N) is 1. The van der Waals surface area contributed by atoms with E-state index in [1.54, 1.807) is 45.0 Å². The topological polar surface area (TPSA) is 64.6 Å². The second kappa shape index (κ2) is 6.22. The Morgan fingerprint density at radius 2 is 1.89 bits per heavy atom. The second-order valence-electron chi connectivity index (χ2n) is 4.51. The smallest absolute Gasteiger partial charge is 0.339 e. The summed E-state index contributed by atoms with van der Waals surface area (Å²) in [6.07, 6.45) is 0. The van der Waals surface area contributed by atoms with Crippen LogP contribution in [0, 0.1) is 0 Å². The van der Waals surface area contributed by atoms with Crippen LogP contribution in [0.2, 0.25) is 0 Å². The lowest BCUT2D eigenvalue weighted by Crippen LogP contribution is -2.42. The molecule has 1 rings (SSSR count). The monoisotopic (exact) mass is 265 g/mol. The van der Waals surface area contributed by atoms with Crippen LogP contribution in [0.15, 0.2) is 24.3 Å². The summed E-state index contributed by atoms with van der Waals surface area (Å²) in [4.78, 5) is 23.5. The Bertz CT molecular complexity index is 468. The number of carbonyl (C=O) groups is 2. The lowest BCUT2D eigenvalue weighted by atomic mass is 10.0. The number of methoxy groups -OCH3 is 1. The highest BCUT2D eigenvalue weighted by molar-refractivity contribution is 5.96. The highest BCUT2D eigenvalue weighted by Crippen LogP contribution is 2.21. The molecule has 0 saturated carbocycles. The Balaban J connectivity index is 2.99. The van der Waals surface area contributed by atoms with Crippen LogP contribution in [0.4, 0.5) is 5.69 Å². The Hall–Kier alpha value is -2.04. The summed E-state index contributed by atoms with van der Waals surface area (Å²) < 4.78 is 9.69. The maximum absolute atomic E-state index is 11.8. The fourth-order valence-electron chi connectivity index (χ4n) is 1.58. The molecule has 0 heterocycles. The predicted molar refractivity (Wildman–Crippen MR) is 72.1 cm³/mol. The molecule has 0 spiro atoms. The van der Waals surface area contributed by atoms with Gasteiger partial charge in [-0.25, -0.2) is 9.59 Å². The van der Waals surface area contributed by atoms with Gasteiger partial charge >= 0.3 is 11.9 Å². The van der Waals surface area contributed by atoms with Crippen molar-refractivity contribution in [2.75, 3.05) is 19.0 Å². The minimum atomic E-state index is -0.930. The van der Waals surface area contributed by atoms with Crippen molar-refractivity contribution in [2.45, 2.75) is 26.3 Å². The summed E-state index contributed by atoms with van der Waals surface area (Å²) in [5.74, 6) is -0.836. The zero-order valence-corrected chi connectivity index (χ0v) is 11.6. The predicted octanol–water partition coefficient (Wildman–Crippen LogP) is 2.23. The van der Waals surface area contributed by atoms with Crippen LogP contribution in [-0.4, -0.2) is 31.2 Å². The summed E-state index contributed by atoms with van der Waals surface area (Å²) in [5, 5.41) is 3.01. The largest absolute Gasteiger partial charge is 0.465 e. The van der Waals surface area contributed by atoms with E-state index in [4.69, 9.17) is 9.47 Å². The van der Waals surface area contributed by atoms with E-state index in [9.17, 15) is 9.59 Å². The van der Waals surface area contributed by atoms with E-state index in [0.29, 0.717) is 17.9 Å². The number of hydrogen-bond donors (Lipinski definition) is 1. The van der Waals surface area contributed by atoms with Crippen molar-refractivity contribution in [3.8, 4) is 0 Å². The third kappa shape index (κ3) is 3.71. The van der Waals surface area contributed by atoms with Gasteiger partial charge in [-0.2, -0.15) is 0 Å². The van der Waals surface area contributed by atoms with Crippen molar-refractivity contribution >= 4 is 17.6 Å². The zero-order chi connectivity index (χ0) is 14.5. The molecule has 0 atom stereocenters. The van der Waals surface area contributed by atoms with E-state index in [-0.39, 0.29) is 5.97 Å². The van der Waals surface area contributed by atoms with Gasteiger partial charge in [-0.05, 0) is 32.9 Å². The van der Waals surface area contributed by atoms with E-state index in [0.717, 1.165) is 0 Å². The molecular formula is C14H19NO4. The minimum absolute atomic E-state index is 0.308. The Morgan fingerprint density at radius 3 is 2.47 bits per heavy atom. The number of para-hydroxylation sites is 1. The highest BCUT2D eigenvalue weighted by atomic mass is 16.5. The fourth-order valence-corrected chi connectivity index (χ4v) is 1.58. The van der Waals surface area contributed by atoms with Gasteiger partial charge in [-0.15, -0.1) is 0 Å². The van der Waals surface area contributed by atoms with Gasteiger partial charge in [0.25, 0.3) is 0 Å². The molecule has 0 bridgehead atoms. The number of ether oxygens (including phenoxy) is 2. The molecule has 0 aliphatic rings.